The zero-order chi connectivity index (χ0) is 22.5. The average Bonchev–Trinajstić information content (AvgIpc) is 3.19. The van der Waals surface area contributed by atoms with E-state index in [9.17, 15) is 14.0 Å². The lowest BCUT2D eigenvalue weighted by Crippen LogP contribution is -2.65. The predicted molar refractivity (Wildman–Crippen MR) is 114 cm³/mol. The molecule has 1 saturated carbocycles. The average molecular weight is 435 g/mol. The molecule has 2 aliphatic rings. The summed E-state index contributed by atoms with van der Waals surface area (Å²) in [7, 11) is 0. The van der Waals surface area contributed by atoms with E-state index in [1.807, 2.05) is 26.0 Å². The highest BCUT2D eigenvalue weighted by Crippen LogP contribution is 2.37. The van der Waals surface area contributed by atoms with Crippen molar-refractivity contribution in [2.24, 2.45) is 0 Å². The zero-order valence-corrected chi connectivity index (χ0v) is 17.7. The van der Waals surface area contributed by atoms with Gasteiger partial charge in [-0.2, -0.15) is 0 Å². The number of cyclic esters (lactones) is 1. The van der Waals surface area contributed by atoms with Crippen LogP contribution in [-0.4, -0.2) is 49.7 Å². The fourth-order valence-corrected chi connectivity index (χ4v) is 4.53. The van der Waals surface area contributed by atoms with Gasteiger partial charge in [-0.25, -0.2) is 24.1 Å². The molecule has 3 aromatic rings. The van der Waals surface area contributed by atoms with Crippen molar-refractivity contribution < 1.29 is 18.7 Å². The lowest BCUT2D eigenvalue weighted by atomic mass is 10.1. The van der Waals surface area contributed by atoms with Gasteiger partial charge in [-0.3, -0.25) is 9.69 Å². The number of rotatable bonds is 4. The molecular weight excluding hydrogens is 413 g/mol. The van der Waals surface area contributed by atoms with E-state index in [4.69, 9.17) is 4.74 Å². The third-order valence-electron chi connectivity index (χ3n) is 5.99. The van der Waals surface area contributed by atoms with Crippen molar-refractivity contribution in [3.05, 3.63) is 54.1 Å². The number of aromatic nitrogens is 3. The molecule has 8 nitrogen and oxygen atoms in total. The Morgan fingerprint density at radius 2 is 2.00 bits per heavy atom. The summed E-state index contributed by atoms with van der Waals surface area (Å²) in [6, 6.07) is 9.94. The van der Waals surface area contributed by atoms with E-state index < -0.39 is 11.5 Å². The number of nitrogens with one attached hydrogen (secondary N) is 1. The molecule has 3 heterocycles. The van der Waals surface area contributed by atoms with E-state index in [1.54, 1.807) is 17.0 Å². The second-order valence-electron chi connectivity index (χ2n) is 8.60. The molecule has 0 radical (unpaired) electrons. The van der Waals surface area contributed by atoms with Crippen molar-refractivity contribution in [3.8, 4) is 11.5 Å². The maximum absolute atomic E-state index is 13.3. The molecule has 0 bridgehead atoms. The molecule has 1 aromatic carbocycles. The van der Waals surface area contributed by atoms with Crippen LogP contribution >= 0.6 is 0 Å². The van der Waals surface area contributed by atoms with E-state index in [0.717, 1.165) is 19.0 Å². The monoisotopic (exact) mass is 435 g/mol. The van der Waals surface area contributed by atoms with E-state index in [1.165, 1.54) is 12.1 Å². The molecule has 164 valence electrons. The first-order valence-electron chi connectivity index (χ1n) is 10.5. The van der Waals surface area contributed by atoms with Gasteiger partial charge in [0.1, 0.15) is 17.2 Å². The van der Waals surface area contributed by atoms with Crippen LogP contribution in [0.3, 0.4) is 0 Å². The number of benzene rings is 1. The molecular formula is C23H22FN5O3. The second-order valence-corrected chi connectivity index (χ2v) is 8.60. The van der Waals surface area contributed by atoms with E-state index in [0.29, 0.717) is 23.0 Å². The molecule has 9 heteroatoms. The molecule has 1 aliphatic heterocycles. The number of amides is 2. The van der Waals surface area contributed by atoms with Gasteiger partial charge in [0, 0.05) is 17.5 Å². The Hall–Kier alpha value is -3.62. The Morgan fingerprint density at radius 3 is 2.72 bits per heavy atom. The predicted octanol–water partition coefficient (Wildman–Crippen LogP) is 3.67. The molecule has 1 saturated heterocycles. The van der Waals surface area contributed by atoms with Crippen LogP contribution < -0.4 is 5.32 Å². The molecule has 0 spiro atoms. The van der Waals surface area contributed by atoms with Crippen LogP contribution in [-0.2, 0) is 4.74 Å². The van der Waals surface area contributed by atoms with Crippen LogP contribution in [0.15, 0.2) is 42.6 Å². The minimum absolute atomic E-state index is 0.0256. The number of halogens is 1. The number of ether oxygens (including phenoxy) is 1. The normalized spacial score (nSPS) is 21.8. The Labute approximate surface area is 183 Å². The number of fused-ring (bicyclic) bond motifs is 1. The van der Waals surface area contributed by atoms with Crippen LogP contribution in [0.1, 0.15) is 43.6 Å². The number of para-hydroxylation sites is 1. The Kier molecular flexibility index (Phi) is 4.76. The topological polar surface area (TPSA) is 97.3 Å². The van der Waals surface area contributed by atoms with Crippen molar-refractivity contribution in [3.63, 3.8) is 0 Å². The third-order valence-corrected chi connectivity index (χ3v) is 5.99. The Morgan fingerprint density at radius 1 is 1.19 bits per heavy atom. The summed E-state index contributed by atoms with van der Waals surface area (Å²) in [6.45, 7) is 3.72. The summed E-state index contributed by atoms with van der Waals surface area (Å²) >= 11 is 0. The van der Waals surface area contributed by atoms with Crippen LogP contribution in [0.4, 0.5) is 9.18 Å². The highest BCUT2D eigenvalue weighted by atomic mass is 19.1. The molecule has 2 amide bonds. The van der Waals surface area contributed by atoms with Gasteiger partial charge in [-0.05, 0) is 51.3 Å². The number of hydrogen-bond donors (Lipinski definition) is 1. The van der Waals surface area contributed by atoms with Crippen molar-refractivity contribution >= 4 is 22.9 Å². The zero-order valence-electron chi connectivity index (χ0n) is 17.7. The second kappa shape index (κ2) is 7.51. The van der Waals surface area contributed by atoms with Gasteiger partial charge in [0.05, 0.1) is 11.7 Å². The molecule has 1 aliphatic carbocycles. The van der Waals surface area contributed by atoms with Crippen LogP contribution in [0.25, 0.3) is 22.4 Å². The fourth-order valence-electron chi connectivity index (χ4n) is 4.53. The fraction of sp³-hybridized carbons (Fsp3) is 0.348. The smallest absolute Gasteiger partial charge is 0.415 e. The summed E-state index contributed by atoms with van der Waals surface area (Å²) < 4.78 is 18.5. The first-order valence-corrected chi connectivity index (χ1v) is 10.5. The van der Waals surface area contributed by atoms with E-state index >= 15 is 0 Å². The van der Waals surface area contributed by atoms with Gasteiger partial charge in [0.15, 0.2) is 11.5 Å². The minimum atomic E-state index is -0.611. The molecule has 32 heavy (non-hydrogen) atoms. The number of pyridine rings is 1. The van der Waals surface area contributed by atoms with Gasteiger partial charge < -0.3 is 10.1 Å². The van der Waals surface area contributed by atoms with Crippen molar-refractivity contribution in [2.75, 3.05) is 0 Å². The highest BCUT2D eigenvalue weighted by molar-refractivity contribution is 6.04. The molecule has 2 aromatic heterocycles. The quantitative estimate of drug-likeness (QED) is 0.672. The van der Waals surface area contributed by atoms with Gasteiger partial charge in [-0.1, -0.05) is 18.2 Å². The summed E-state index contributed by atoms with van der Waals surface area (Å²) in [5.74, 6) is -0.524. The molecule has 2 atom stereocenters. The maximum Gasteiger partial charge on any atom is 0.415 e. The number of carbonyl (C=O) groups excluding carboxylic acids is 2. The van der Waals surface area contributed by atoms with Crippen molar-refractivity contribution in [1.82, 2.24) is 25.2 Å². The van der Waals surface area contributed by atoms with Crippen LogP contribution in [0.2, 0.25) is 0 Å². The molecule has 5 rings (SSSR count). The SMILES string of the molecule is CC1(C)OC(=O)N1[C@H]1CC[C@@H](NC(=O)c2nc(-c3ccc(F)cn3)nc3ccccc23)C1. The van der Waals surface area contributed by atoms with E-state index in [2.05, 4.69) is 20.3 Å². The molecule has 0 unspecified atom stereocenters. The van der Waals surface area contributed by atoms with Gasteiger partial charge in [0.2, 0.25) is 0 Å². The summed E-state index contributed by atoms with van der Waals surface area (Å²) in [5.41, 5.74) is 0.610. The maximum atomic E-state index is 13.3. The lowest BCUT2D eigenvalue weighted by Gasteiger charge is -2.49. The Bertz CT molecular complexity index is 1210. The van der Waals surface area contributed by atoms with Gasteiger partial charge in [0.25, 0.3) is 5.91 Å². The van der Waals surface area contributed by atoms with Crippen molar-refractivity contribution in [2.45, 2.75) is 50.9 Å². The first kappa shape index (κ1) is 20.3. The highest BCUT2D eigenvalue weighted by Gasteiger charge is 2.51. The summed E-state index contributed by atoms with van der Waals surface area (Å²) in [6.07, 6.45) is 2.98. The van der Waals surface area contributed by atoms with Gasteiger partial charge in [-0.15, -0.1) is 0 Å². The minimum Gasteiger partial charge on any atom is -0.423 e. The largest absolute Gasteiger partial charge is 0.423 e. The van der Waals surface area contributed by atoms with Crippen LogP contribution in [0.5, 0.6) is 0 Å². The van der Waals surface area contributed by atoms with Crippen LogP contribution in [0, 0.1) is 5.82 Å². The van der Waals surface area contributed by atoms with Gasteiger partial charge >= 0.3 is 6.09 Å². The third kappa shape index (κ3) is 3.53. The number of carbonyl (C=O) groups is 2. The summed E-state index contributed by atoms with van der Waals surface area (Å²) in [5, 5.41) is 3.68. The standard InChI is InChI=1S/C23H22FN5O3/c1-23(2)29(22(31)32-23)15-9-8-14(11-15)26-21(30)19-16-5-3-4-6-17(16)27-20(28-19)18-10-7-13(24)12-25-18/h3-7,10,12,14-15H,8-9,11H2,1-2H3,(H,26,30)/t14-,15+/m1/s1. The summed E-state index contributed by atoms with van der Waals surface area (Å²) in [4.78, 5) is 39.9. The lowest BCUT2D eigenvalue weighted by molar-refractivity contribution is -0.178. The molecule has 2 fully saturated rings. The number of hydrogen-bond acceptors (Lipinski definition) is 6. The van der Waals surface area contributed by atoms with Crippen molar-refractivity contribution in [1.29, 1.82) is 0 Å². The first-order chi connectivity index (χ1) is 15.3. The Balaban J connectivity index is 1.40. The molecule has 1 N–H and O–H groups in total. The van der Waals surface area contributed by atoms with E-state index in [-0.39, 0.29) is 35.6 Å². The number of nitrogens with zero attached hydrogens (tertiary/aromatic N) is 4.